The molecule has 33 heavy (non-hydrogen) atoms. The fraction of sp³-hybridized carbons (Fsp3) is 0.500. The molecule has 2 amide bonds. The molecule has 0 atom stereocenters. The summed E-state index contributed by atoms with van der Waals surface area (Å²) in [6.45, 7) is 0.638. The van der Waals surface area contributed by atoms with E-state index in [9.17, 15) is 9.59 Å². The van der Waals surface area contributed by atoms with Crippen LogP contribution in [0.25, 0.3) is 0 Å². The van der Waals surface area contributed by atoms with Crippen LogP contribution in [0.1, 0.15) is 60.9 Å². The number of carbonyl (C=O) groups is 2. The standard InChI is InChI=1S/C28H34N2O2S/c31-26(30-28-16-21-13-22(17-28)15-23(14-21)18-28)19-33-25-11-5-4-10-24(25)27(32)29-12-6-9-20-7-2-1-3-8-20/h1-5,7-8,10-11,21-23H,6,9,12-19H2,(H,29,32)(H,30,31). The van der Waals surface area contributed by atoms with Crippen LogP contribution in [0.5, 0.6) is 0 Å². The van der Waals surface area contributed by atoms with Crippen molar-refractivity contribution >= 4 is 23.6 Å². The van der Waals surface area contributed by atoms with Gasteiger partial charge < -0.3 is 10.6 Å². The maximum absolute atomic E-state index is 12.9. The second kappa shape index (κ2) is 9.92. The molecule has 0 saturated heterocycles. The summed E-state index contributed by atoms with van der Waals surface area (Å²) in [6.07, 6.45) is 9.46. The summed E-state index contributed by atoms with van der Waals surface area (Å²) in [5, 5.41) is 6.49. The molecule has 4 nitrogen and oxygen atoms in total. The van der Waals surface area contributed by atoms with Crippen molar-refractivity contribution in [3.63, 3.8) is 0 Å². The lowest BCUT2D eigenvalue weighted by Crippen LogP contribution is -2.60. The molecule has 4 bridgehead atoms. The summed E-state index contributed by atoms with van der Waals surface area (Å²) in [7, 11) is 0. The summed E-state index contributed by atoms with van der Waals surface area (Å²) < 4.78 is 0. The summed E-state index contributed by atoms with van der Waals surface area (Å²) in [5.41, 5.74) is 1.99. The molecule has 6 rings (SSSR count). The van der Waals surface area contributed by atoms with Crippen LogP contribution >= 0.6 is 11.8 Å². The van der Waals surface area contributed by atoms with Gasteiger partial charge in [0.2, 0.25) is 5.91 Å². The van der Waals surface area contributed by atoms with E-state index in [1.807, 2.05) is 42.5 Å². The number of thioether (sulfide) groups is 1. The molecule has 2 aromatic carbocycles. The van der Waals surface area contributed by atoms with Crippen LogP contribution in [0, 0.1) is 17.8 Å². The van der Waals surface area contributed by atoms with Crippen molar-refractivity contribution in [3.8, 4) is 0 Å². The minimum atomic E-state index is -0.0624. The molecule has 0 spiro atoms. The summed E-state index contributed by atoms with van der Waals surface area (Å²) in [6, 6.07) is 18.0. The molecule has 4 fully saturated rings. The van der Waals surface area contributed by atoms with Crippen LogP contribution in [0.3, 0.4) is 0 Å². The Balaban J connectivity index is 1.11. The molecule has 4 aliphatic rings. The Morgan fingerprint density at radius 1 is 0.879 bits per heavy atom. The maximum atomic E-state index is 12.9. The van der Waals surface area contributed by atoms with E-state index in [-0.39, 0.29) is 17.4 Å². The Labute approximate surface area is 201 Å². The van der Waals surface area contributed by atoms with Crippen molar-refractivity contribution < 1.29 is 9.59 Å². The molecule has 4 saturated carbocycles. The van der Waals surface area contributed by atoms with E-state index in [0.717, 1.165) is 35.5 Å². The number of hydrogen-bond donors (Lipinski definition) is 2. The first-order chi connectivity index (χ1) is 16.1. The Hall–Kier alpha value is -2.27. The molecule has 0 radical (unpaired) electrons. The molecule has 4 aliphatic carbocycles. The van der Waals surface area contributed by atoms with E-state index in [4.69, 9.17) is 0 Å². The number of carbonyl (C=O) groups excluding carboxylic acids is 2. The zero-order valence-electron chi connectivity index (χ0n) is 19.2. The zero-order valence-corrected chi connectivity index (χ0v) is 20.0. The van der Waals surface area contributed by atoms with Crippen LogP contribution in [0.15, 0.2) is 59.5 Å². The van der Waals surface area contributed by atoms with E-state index in [0.29, 0.717) is 17.9 Å². The molecular weight excluding hydrogens is 428 g/mol. The normalized spacial score (nSPS) is 27.3. The third-order valence-electron chi connectivity index (χ3n) is 7.70. The van der Waals surface area contributed by atoms with Crippen molar-refractivity contribution in [2.45, 2.75) is 61.8 Å². The van der Waals surface area contributed by atoms with Crippen molar-refractivity contribution in [1.29, 1.82) is 0 Å². The molecule has 0 aromatic heterocycles. The van der Waals surface area contributed by atoms with Crippen LogP contribution in [0.4, 0.5) is 0 Å². The number of benzene rings is 2. The van der Waals surface area contributed by atoms with Gasteiger partial charge in [-0.2, -0.15) is 0 Å². The lowest BCUT2D eigenvalue weighted by atomic mass is 9.53. The topological polar surface area (TPSA) is 58.2 Å². The zero-order chi connectivity index (χ0) is 22.7. The van der Waals surface area contributed by atoms with Crippen LogP contribution in [0.2, 0.25) is 0 Å². The van der Waals surface area contributed by atoms with Gasteiger partial charge in [0.15, 0.2) is 0 Å². The van der Waals surface area contributed by atoms with Crippen LogP contribution in [-0.4, -0.2) is 29.7 Å². The minimum absolute atomic E-state index is 0.0437. The van der Waals surface area contributed by atoms with E-state index < -0.39 is 0 Å². The second-order valence-corrected chi connectivity index (χ2v) is 11.4. The molecule has 2 N–H and O–H groups in total. The lowest BCUT2D eigenvalue weighted by Gasteiger charge is -2.56. The summed E-state index contributed by atoms with van der Waals surface area (Å²) in [5.74, 6) is 2.86. The number of rotatable bonds is 9. The van der Waals surface area contributed by atoms with Gasteiger partial charge in [0, 0.05) is 17.0 Å². The highest BCUT2D eigenvalue weighted by atomic mass is 32.2. The average molecular weight is 463 g/mol. The second-order valence-electron chi connectivity index (χ2n) is 10.4. The van der Waals surface area contributed by atoms with Gasteiger partial charge >= 0.3 is 0 Å². The van der Waals surface area contributed by atoms with Gasteiger partial charge in [0.05, 0.1) is 11.3 Å². The number of aryl methyl sites for hydroxylation is 1. The predicted molar refractivity (Wildman–Crippen MR) is 133 cm³/mol. The van der Waals surface area contributed by atoms with Gasteiger partial charge in [-0.3, -0.25) is 9.59 Å². The van der Waals surface area contributed by atoms with E-state index in [1.165, 1.54) is 55.9 Å². The number of nitrogens with one attached hydrogen (secondary N) is 2. The van der Waals surface area contributed by atoms with Gasteiger partial charge in [0.1, 0.15) is 0 Å². The van der Waals surface area contributed by atoms with Gasteiger partial charge in [-0.05, 0) is 86.8 Å². The highest BCUT2D eigenvalue weighted by Crippen LogP contribution is 2.55. The van der Waals surface area contributed by atoms with Gasteiger partial charge in [-0.25, -0.2) is 0 Å². The minimum Gasteiger partial charge on any atom is -0.352 e. The first kappa shape index (κ1) is 22.5. The smallest absolute Gasteiger partial charge is 0.252 e. The van der Waals surface area contributed by atoms with Gasteiger partial charge in [-0.15, -0.1) is 11.8 Å². The van der Waals surface area contributed by atoms with Crippen molar-refractivity contribution in [2.75, 3.05) is 12.3 Å². The third-order valence-corrected chi connectivity index (χ3v) is 8.78. The van der Waals surface area contributed by atoms with E-state index >= 15 is 0 Å². The average Bonchev–Trinajstić information content (AvgIpc) is 2.80. The van der Waals surface area contributed by atoms with Gasteiger partial charge in [-0.1, -0.05) is 42.5 Å². The Morgan fingerprint density at radius 3 is 2.21 bits per heavy atom. The molecule has 2 aromatic rings. The molecule has 5 heteroatoms. The Kier molecular flexibility index (Phi) is 6.77. The number of amides is 2. The highest BCUT2D eigenvalue weighted by Gasteiger charge is 2.51. The van der Waals surface area contributed by atoms with E-state index in [2.05, 4.69) is 22.8 Å². The molecular formula is C28H34N2O2S. The highest BCUT2D eigenvalue weighted by molar-refractivity contribution is 8.00. The quantitative estimate of drug-likeness (QED) is 0.396. The third kappa shape index (κ3) is 5.46. The molecule has 0 heterocycles. The Morgan fingerprint density at radius 2 is 1.52 bits per heavy atom. The molecule has 0 unspecified atom stereocenters. The fourth-order valence-electron chi connectivity index (χ4n) is 6.75. The van der Waals surface area contributed by atoms with Gasteiger partial charge in [0.25, 0.3) is 5.91 Å². The van der Waals surface area contributed by atoms with Crippen molar-refractivity contribution in [2.24, 2.45) is 17.8 Å². The first-order valence-corrected chi connectivity index (χ1v) is 13.4. The first-order valence-electron chi connectivity index (χ1n) is 12.4. The summed E-state index contributed by atoms with van der Waals surface area (Å²) in [4.78, 5) is 26.6. The van der Waals surface area contributed by atoms with Crippen LogP contribution in [-0.2, 0) is 11.2 Å². The largest absolute Gasteiger partial charge is 0.352 e. The van der Waals surface area contributed by atoms with Crippen LogP contribution < -0.4 is 10.6 Å². The SMILES string of the molecule is O=C(CSc1ccccc1C(=O)NCCCc1ccccc1)NC12CC3CC(CC(C3)C1)C2. The molecule has 174 valence electrons. The fourth-order valence-corrected chi connectivity index (χ4v) is 7.60. The monoisotopic (exact) mass is 462 g/mol. The van der Waals surface area contributed by atoms with Crippen molar-refractivity contribution in [1.82, 2.24) is 10.6 Å². The molecule has 0 aliphatic heterocycles. The summed E-state index contributed by atoms with van der Waals surface area (Å²) >= 11 is 1.48. The Bertz CT molecular complexity index is 955. The maximum Gasteiger partial charge on any atom is 0.252 e. The number of hydrogen-bond acceptors (Lipinski definition) is 3. The van der Waals surface area contributed by atoms with Crippen molar-refractivity contribution in [3.05, 3.63) is 65.7 Å². The lowest BCUT2D eigenvalue weighted by molar-refractivity contribution is -0.124. The predicted octanol–water partition coefficient (Wildman–Crippen LogP) is 5.23. The van der Waals surface area contributed by atoms with E-state index in [1.54, 1.807) is 0 Å².